The molecule has 7 amide bonds. The fourth-order valence-electron chi connectivity index (χ4n) is 9.66. The number of carbonyl (C=O) groups excluding carboxylic acids is 7. The smallest absolute Gasteiger partial charge is 0.305 e. The molecule has 2 aromatic heterocycles. The number of aliphatic carboxylic acids is 1. The van der Waals surface area contributed by atoms with E-state index in [0.717, 1.165) is 49.2 Å². The van der Waals surface area contributed by atoms with Crippen molar-refractivity contribution >= 4 is 70.4 Å². The number of rotatable bonds is 23. The van der Waals surface area contributed by atoms with E-state index in [1.165, 1.54) is 24.3 Å². The van der Waals surface area contributed by atoms with Crippen molar-refractivity contribution in [3.05, 3.63) is 83.9 Å². The lowest BCUT2D eigenvalue weighted by molar-refractivity contribution is -0.141. The lowest BCUT2D eigenvalue weighted by Crippen LogP contribution is -2.58. The first kappa shape index (κ1) is 60.8. The number of hydrogen-bond acceptors (Lipinski definition) is 15. The number of nitrogens with zero attached hydrogens (tertiary/aromatic N) is 5. The van der Waals surface area contributed by atoms with Crippen molar-refractivity contribution < 1.29 is 57.7 Å². The summed E-state index contributed by atoms with van der Waals surface area (Å²) in [6, 6.07) is 9.27. The molecule has 4 heterocycles. The average Bonchev–Trinajstić information content (AvgIpc) is 3.46. The van der Waals surface area contributed by atoms with E-state index in [2.05, 4.69) is 62.4 Å². The van der Waals surface area contributed by atoms with Crippen molar-refractivity contribution in [2.24, 2.45) is 38.5 Å². The summed E-state index contributed by atoms with van der Waals surface area (Å²) in [6.07, 6.45) is 7.21. The number of aromatic hydroxyl groups is 1. The van der Waals surface area contributed by atoms with Gasteiger partial charge in [-0.05, 0) is 106 Å². The highest BCUT2D eigenvalue weighted by Crippen LogP contribution is 2.37. The predicted octanol–water partition coefficient (Wildman–Crippen LogP) is 1.18. The van der Waals surface area contributed by atoms with Crippen LogP contribution in [0.1, 0.15) is 107 Å². The molecule has 6 rings (SSSR count). The van der Waals surface area contributed by atoms with Crippen LogP contribution in [0.2, 0.25) is 0 Å². The van der Waals surface area contributed by atoms with Gasteiger partial charge in [-0.25, -0.2) is 4.39 Å². The largest absolute Gasteiger partial charge is 0.508 e. The van der Waals surface area contributed by atoms with Crippen molar-refractivity contribution in [3.63, 3.8) is 0 Å². The molecule has 1 saturated heterocycles. The van der Waals surface area contributed by atoms with Gasteiger partial charge in [-0.1, -0.05) is 24.6 Å². The van der Waals surface area contributed by atoms with Gasteiger partial charge >= 0.3 is 5.97 Å². The normalized spacial score (nSPS) is 22.0. The number of carboxylic acids is 1. The highest BCUT2D eigenvalue weighted by Gasteiger charge is 2.38. The first-order valence-electron chi connectivity index (χ1n) is 26.9. The number of guanidine groups is 1. The number of amides is 7. The number of halogens is 1. The van der Waals surface area contributed by atoms with E-state index in [4.69, 9.17) is 16.2 Å². The molecule has 1 aromatic carbocycles. The van der Waals surface area contributed by atoms with Gasteiger partial charge in [0.25, 0.3) is 0 Å². The molecule has 13 N–H and O–H groups in total. The number of alkyl halides is 1. The molecular formula is C54H71FN14O11. The number of nitrogens with one attached hydrogen (secondary N) is 7. The van der Waals surface area contributed by atoms with Crippen LogP contribution in [0.4, 0.5) is 10.1 Å². The molecule has 0 radical (unpaired) electrons. The van der Waals surface area contributed by atoms with E-state index < -0.39 is 79.3 Å². The molecule has 0 bridgehead atoms. The number of phenolic OH excluding ortho intramolecular Hbond substituents is 1. The quantitative estimate of drug-likeness (QED) is 0.0361. The van der Waals surface area contributed by atoms with Gasteiger partial charge in [0.2, 0.25) is 41.4 Å². The van der Waals surface area contributed by atoms with Crippen LogP contribution in [-0.4, -0.2) is 148 Å². The Morgan fingerprint density at radius 1 is 0.725 bits per heavy atom. The third-order valence-corrected chi connectivity index (χ3v) is 13.7. The maximum absolute atomic E-state index is 14.1. The zero-order valence-corrected chi connectivity index (χ0v) is 44.4. The van der Waals surface area contributed by atoms with E-state index in [1.54, 1.807) is 24.5 Å². The third-order valence-electron chi connectivity index (χ3n) is 13.7. The SMILES string of the molecule is NC(N)=NCCC[C@H]1NC(=O)[C@H](CCCCNC(=O)CCCC(=O)Nc2ccc(C3=NN=C(c4ccccn4)[C@@H]4CC[C@@H](OCC[19F])CCC[C@@H]34)nc2)NC(=O)[C@H](Cc2ccc(O)cc2)NC(=O)[C@H](CC(=O)O)NC(=O)CNC1=O. The first-order chi connectivity index (χ1) is 38.6. The zero-order chi connectivity index (χ0) is 57.4. The highest BCUT2D eigenvalue weighted by atomic mass is 19.1. The summed E-state index contributed by atoms with van der Waals surface area (Å²) < 4.78 is 18.8. The lowest BCUT2D eigenvalue weighted by Gasteiger charge is -2.34. The van der Waals surface area contributed by atoms with E-state index in [9.17, 15) is 53.0 Å². The fraction of sp³-hybridized carbons (Fsp3) is 0.500. The van der Waals surface area contributed by atoms with Crippen LogP contribution < -0.4 is 48.7 Å². The molecular weight excluding hydrogens is 1040 g/mol. The number of carboxylic acid groups (broad SMARTS) is 1. The van der Waals surface area contributed by atoms with Crippen LogP contribution in [0.25, 0.3) is 0 Å². The number of phenols is 1. The Hall–Kier alpha value is -8.42. The van der Waals surface area contributed by atoms with Gasteiger partial charge in [0.1, 0.15) is 36.6 Å². The number of aliphatic imine (C=N–C) groups is 1. The molecule has 80 heavy (non-hydrogen) atoms. The molecule has 0 spiro atoms. The van der Waals surface area contributed by atoms with Crippen LogP contribution in [0.3, 0.4) is 0 Å². The van der Waals surface area contributed by atoms with Crippen molar-refractivity contribution in [3.8, 4) is 5.75 Å². The van der Waals surface area contributed by atoms with Gasteiger partial charge in [-0.3, -0.25) is 53.3 Å². The monoisotopic (exact) mass is 1110 g/mol. The highest BCUT2D eigenvalue weighted by molar-refractivity contribution is 6.10. The number of unbranched alkanes of at least 4 members (excludes halogenated alkanes) is 1. The van der Waals surface area contributed by atoms with Gasteiger partial charge in [0.15, 0.2) is 5.96 Å². The molecule has 2 fully saturated rings. The summed E-state index contributed by atoms with van der Waals surface area (Å²) in [5, 5.41) is 46.9. The molecule has 0 unspecified atom stereocenters. The van der Waals surface area contributed by atoms with Gasteiger partial charge in [-0.2, -0.15) is 10.2 Å². The number of benzene rings is 1. The minimum atomic E-state index is -1.67. The van der Waals surface area contributed by atoms with Crippen LogP contribution in [0.15, 0.2) is 82.2 Å². The zero-order valence-electron chi connectivity index (χ0n) is 44.4. The van der Waals surface area contributed by atoms with Crippen LogP contribution in [0.5, 0.6) is 5.75 Å². The predicted molar refractivity (Wildman–Crippen MR) is 291 cm³/mol. The number of aromatic nitrogens is 2. The maximum Gasteiger partial charge on any atom is 0.305 e. The van der Waals surface area contributed by atoms with E-state index in [1.807, 2.05) is 18.2 Å². The Morgan fingerprint density at radius 3 is 2.09 bits per heavy atom. The lowest BCUT2D eigenvalue weighted by atomic mass is 9.74. The molecule has 1 aliphatic carbocycles. The van der Waals surface area contributed by atoms with Crippen LogP contribution in [-0.2, 0) is 49.5 Å². The topological polar surface area (TPSA) is 385 Å². The molecule has 2 aliphatic heterocycles. The Balaban J connectivity index is 1.03. The summed E-state index contributed by atoms with van der Waals surface area (Å²) >= 11 is 0. The fourth-order valence-corrected chi connectivity index (χ4v) is 9.66. The molecule has 25 nitrogen and oxygen atoms in total. The van der Waals surface area contributed by atoms with Crippen LogP contribution in [0, 0.1) is 11.8 Å². The number of fused-ring (bicyclic) bond motifs is 1. The van der Waals surface area contributed by atoms with Gasteiger partial charge in [0.05, 0.1) is 60.4 Å². The van der Waals surface area contributed by atoms with Crippen LogP contribution >= 0.6 is 0 Å². The second-order valence-electron chi connectivity index (χ2n) is 19.7. The summed E-state index contributed by atoms with van der Waals surface area (Å²) in [5.74, 6) is -6.74. The minimum absolute atomic E-state index is 0.00451. The molecule has 430 valence electrons. The van der Waals surface area contributed by atoms with E-state index >= 15 is 0 Å². The first-order valence-corrected chi connectivity index (χ1v) is 26.9. The number of carbonyl (C=O) groups is 8. The molecule has 3 aliphatic rings. The number of ether oxygens (including phenoxy) is 1. The van der Waals surface area contributed by atoms with Crippen molar-refractivity contribution in [2.75, 3.05) is 38.2 Å². The summed E-state index contributed by atoms with van der Waals surface area (Å²) in [7, 11) is 0. The third kappa shape index (κ3) is 19.5. The minimum Gasteiger partial charge on any atom is -0.508 e. The van der Waals surface area contributed by atoms with Crippen molar-refractivity contribution in [2.45, 2.75) is 127 Å². The number of pyridine rings is 2. The second kappa shape index (κ2) is 31.2. The second-order valence-corrected chi connectivity index (χ2v) is 19.7. The number of anilines is 1. The molecule has 7 atom stereocenters. The maximum atomic E-state index is 14.1. The standard InChI is InChI=1S/C54H71FN14O11/c55-23-27-80-35-8-5-9-36-37(21-20-35)49(38-10-1-3-24-58-38)69-68-48(36)39-22-17-33(30-61-39)63-45(72)14-6-13-44(71)59-25-4-2-11-41-51(77)65-40(12-7-26-60-54(56)57)50(76)62-31-46(73)64-43(29-47(74)75)53(79)67-42(52(78)66-41)28-32-15-18-34(70)19-16-32/h1,3,10,15-19,22,24,30,35-37,40-43,70H,2,4-9,11-14,20-21,23,25-29,31H2,(H,59,71)(H,62,76)(H,63,72)(H,64,73)(H,65,77)(H,66,78)(H,67,79)(H,74,75)(H4,56,57,60)/t35-,36+,37+,40+,41-,42-,43-/m0/s1/i55+0. The van der Waals surface area contributed by atoms with E-state index in [-0.39, 0.29) is 113 Å². The van der Waals surface area contributed by atoms with Gasteiger partial charge < -0.3 is 63.6 Å². The number of hydrogen-bond donors (Lipinski definition) is 11. The van der Waals surface area contributed by atoms with E-state index in [0.29, 0.717) is 23.4 Å². The average molecular weight is 1110 g/mol. The van der Waals surface area contributed by atoms with Gasteiger partial charge in [0, 0.05) is 50.4 Å². The summed E-state index contributed by atoms with van der Waals surface area (Å²) in [5.41, 5.74) is 14.7. The summed E-state index contributed by atoms with van der Waals surface area (Å²) in [6.45, 7) is -0.893. The molecule has 26 heteroatoms. The Morgan fingerprint density at radius 2 is 1.40 bits per heavy atom. The Kier molecular flexibility index (Phi) is 23.7. The Bertz CT molecular complexity index is 2710. The molecule has 3 aromatic rings. The van der Waals surface area contributed by atoms with Gasteiger partial charge in [-0.15, -0.1) is 0 Å². The number of nitrogens with two attached hydrogens (primary N) is 2. The summed E-state index contributed by atoms with van der Waals surface area (Å²) in [4.78, 5) is 119. The Labute approximate surface area is 461 Å². The van der Waals surface area contributed by atoms with Crippen molar-refractivity contribution in [1.82, 2.24) is 41.9 Å². The van der Waals surface area contributed by atoms with Crippen molar-refractivity contribution in [1.29, 1.82) is 0 Å². The molecule has 1 saturated carbocycles.